The molecule has 0 spiro atoms. The minimum Gasteiger partial charge on any atom is -0.351 e. The molecule has 0 bridgehead atoms. The predicted molar refractivity (Wildman–Crippen MR) is 44.4 cm³/mol. The molecule has 2 amide bonds. The summed E-state index contributed by atoms with van der Waals surface area (Å²) < 4.78 is 0. The van der Waals surface area contributed by atoms with Crippen LogP contribution in [0.3, 0.4) is 0 Å². The molecule has 0 aliphatic rings. The number of urea groups is 1. The smallest absolute Gasteiger partial charge is 0.316 e. The fourth-order valence-electron chi connectivity index (χ4n) is 0.822. The van der Waals surface area contributed by atoms with Gasteiger partial charge in [-0.1, -0.05) is 12.1 Å². The van der Waals surface area contributed by atoms with Crippen molar-refractivity contribution in [3.63, 3.8) is 0 Å². The summed E-state index contributed by atoms with van der Waals surface area (Å²) in [6.45, 7) is 0. The Balaban J connectivity index is 2.99. The number of nitrogens with zero attached hydrogens (tertiary/aromatic N) is 1. The first-order valence-electron chi connectivity index (χ1n) is 3.29. The van der Waals surface area contributed by atoms with Gasteiger partial charge in [-0.05, 0) is 12.1 Å². The fourth-order valence-corrected chi connectivity index (χ4v) is 0.822. The van der Waals surface area contributed by atoms with Crippen molar-refractivity contribution in [2.45, 2.75) is 0 Å². The van der Waals surface area contributed by atoms with Crippen LogP contribution in [0.5, 0.6) is 0 Å². The summed E-state index contributed by atoms with van der Waals surface area (Å²) in [7, 11) is 0. The zero-order valence-electron chi connectivity index (χ0n) is 6.24. The van der Waals surface area contributed by atoms with E-state index in [1.165, 1.54) is 0 Å². The quantitative estimate of drug-likeness (QED) is 0.645. The molecule has 4 nitrogen and oxygen atoms in total. The number of carbonyl (C=O) groups excluding carboxylic acids is 1. The molecule has 0 fully saturated rings. The number of primary amides is 1. The molecular formula is C8H7N3O. The number of hydrogen-bond donors (Lipinski definition) is 2. The second kappa shape index (κ2) is 3.39. The first kappa shape index (κ1) is 8.08. The normalized spacial score (nSPS) is 8.58. The molecule has 0 unspecified atom stereocenters. The Kier molecular flexibility index (Phi) is 2.29. The second-order valence-electron chi connectivity index (χ2n) is 2.15. The highest BCUT2D eigenvalue weighted by Gasteiger charge is 2.00. The van der Waals surface area contributed by atoms with Crippen LogP contribution in [0.15, 0.2) is 24.3 Å². The Morgan fingerprint density at radius 2 is 2.17 bits per heavy atom. The number of nitriles is 1. The lowest BCUT2D eigenvalue weighted by molar-refractivity contribution is 0.259. The van der Waals surface area contributed by atoms with E-state index in [9.17, 15) is 4.79 Å². The van der Waals surface area contributed by atoms with Crippen LogP contribution in [0.25, 0.3) is 0 Å². The first-order valence-corrected chi connectivity index (χ1v) is 3.29. The number of nitrogens with two attached hydrogens (primary N) is 1. The van der Waals surface area contributed by atoms with Gasteiger partial charge in [-0.15, -0.1) is 0 Å². The highest BCUT2D eigenvalue weighted by Crippen LogP contribution is 2.12. The van der Waals surface area contributed by atoms with Gasteiger partial charge in [0.1, 0.15) is 6.07 Å². The molecule has 0 heterocycles. The second-order valence-corrected chi connectivity index (χ2v) is 2.15. The molecule has 0 radical (unpaired) electrons. The van der Waals surface area contributed by atoms with Gasteiger partial charge in [-0.2, -0.15) is 5.26 Å². The molecule has 12 heavy (non-hydrogen) atoms. The van der Waals surface area contributed by atoms with E-state index in [1.807, 2.05) is 6.07 Å². The third kappa shape index (κ3) is 1.73. The van der Waals surface area contributed by atoms with E-state index in [0.29, 0.717) is 11.3 Å². The van der Waals surface area contributed by atoms with Gasteiger partial charge in [-0.3, -0.25) is 0 Å². The van der Waals surface area contributed by atoms with Gasteiger partial charge in [0.25, 0.3) is 0 Å². The number of rotatable bonds is 1. The van der Waals surface area contributed by atoms with E-state index in [-0.39, 0.29) is 0 Å². The zero-order valence-corrected chi connectivity index (χ0v) is 6.24. The fraction of sp³-hybridized carbons (Fsp3) is 0. The van der Waals surface area contributed by atoms with Crippen molar-refractivity contribution in [1.29, 1.82) is 5.26 Å². The van der Waals surface area contributed by atoms with Crippen molar-refractivity contribution in [2.24, 2.45) is 5.73 Å². The van der Waals surface area contributed by atoms with Gasteiger partial charge in [0.15, 0.2) is 0 Å². The first-order chi connectivity index (χ1) is 5.74. The van der Waals surface area contributed by atoms with Gasteiger partial charge in [0, 0.05) is 0 Å². The maximum Gasteiger partial charge on any atom is 0.316 e. The van der Waals surface area contributed by atoms with Gasteiger partial charge in [0.05, 0.1) is 11.3 Å². The molecule has 0 aliphatic carbocycles. The number of para-hydroxylation sites is 1. The largest absolute Gasteiger partial charge is 0.351 e. The van der Waals surface area contributed by atoms with Crippen LogP contribution in [0.1, 0.15) is 5.56 Å². The summed E-state index contributed by atoms with van der Waals surface area (Å²) in [5.74, 6) is 0. The average molecular weight is 161 g/mol. The monoisotopic (exact) mass is 161 g/mol. The van der Waals surface area contributed by atoms with Gasteiger partial charge in [0.2, 0.25) is 0 Å². The van der Waals surface area contributed by atoms with Crippen molar-refractivity contribution in [3.8, 4) is 6.07 Å². The molecule has 0 saturated heterocycles. The van der Waals surface area contributed by atoms with E-state index >= 15 is 0 Å². The number of hydrogen-bond acceptors (Lipinski definition) is 2. The van der Waals surface area contributed by atoms with Crippen LogP contribution in [-0.2, 0) is 0 Å². The maximum absolute atomic E-state index is 10.4. The highest BCUT2D eigenvalue weighted by molar-refractivity contribution is 5.89. The van der Waals surface area contributed by atoms with E-state index in [1.54, 1.807) is 24.3 Å². The van der Waals surface area contributed by atoms with Gasteiger partial charge >= 0.3 is 6.03 Å². The van der Waals surface area contributed by atoms with E-state index in [0.717, 1.165) is 0 Å². The van der Waals surface area contributed by atoms with Crippen LogP contribution in [-0.4, -0.2) is 6.03 Å². The molecule has 1 rings (SSSR count). The molecule has 0 atom stereocenters. The van der Waals surface area contributed by atoms with Crippen molar-refractivity contribution in [1.82, 2.24) is 0 Å². The average Bonchev–Trinajstić information content (AvgIpc) is 2.04. The van der Waals surface area contributed by atoms with E-state index < -0.39 is 6.03 Å². The van der Waals surface area contributed by atoms with Crippen LogP contribution >= 0.6 is 0 Å². The minimum absolute atomic E-state index is 0.399. The van der Waals surface area contributed by atoms with Crippen LogP contribution in [0, 0.1) is 11.3 Å². The molecule has 4 heteroatoms. The summed E-state index contributed by atoms with van der Waals surface area (Å²) in [6, 6.07) is 7.91. The molecule has 0 saturated carbocycles. The molecule has 3 N–H and O–H groups in total. The topological polar surface area (TPSA) is 78.9 Å². The molecule has 1 aromatic carbocycles. The molecule has 0 aromatic heterocycles. The Labute approximate surface area is 69.6 Å². The SMILES string of the molecule is N#Cc1ccccc1NC(N)=O. The number of anilines is 1. The number of benzene rings is 1. The van der Waals surface area contributed by atoms with Gasteiger partial charge in [-0.25, -0.2) is 4.79 Å². The minimum atomic E-state index is -0.669. The summed E-state index contributed by atoms with van der Waals surface area (Å²) in [5, 5.41) is 10.9. The van der Waals surface area contributed by atoms with Gasteiger partial charge < -0.3 is 11.1 Å². The Bertz CT molecular complexity index is 340. The Hall–Kier alpha value is -2.02. The van der Waals surface area contributed by atoms with Crippen molar-refractivity contribution < 1.29 is 4.79 Å². The molecule has 0 aliphatic heterocycles. The lowest BCUT2D eigenvalue weighted by Gasteiger charge is -2.01. The van der Waals surface area contributed by atoms with Crippen LogP contribution < -0.4 is 11.1 Å². The van der Waals surface area contributed by atoms with E-state index in [2.05, 4.69) is 5.32 Å². The molecular weight excluding hydrogens is 154 g/mol. The summed E-state index contributed by atoms with van der Waals surface area (Å²) >= 11 is 0. The Morgan fingerprint density at radius 3 is 2.75 bits per heavy atom. The van der Waals surface area contributed by atoms with Crippen LogP contribution in [0.2, 0.25) is 0 Å². The molecule has 60 valence electrons. The van der Waals surface area contributed by atoms with E-state index in [4.69, 9.17) is 11.0 Å². The van der Waals surface area contributed by atoms with Crippen molar-refractivity contribution >= 4 is 11.7 Å². The van der Waals surface area contributed by atoms with Crippen LogP contribution in [0.4, 0.5) is 10.5 Å². The number of carbonyl (C=O) groups is 1. The summed E-state index contributed by atoms with van der Waals surface area (Å²) in [4.78, 5) is 10.4. The summed E-state index contributed by atoms with van der Waals surface area (Å²) in [6.07, 6.45) is 0. The predicted octanol–water partition coefficient (Wildman–Crippen LogP) is 1.05. The van der Waals surface area contributed by atoms with Crippen molar-refractivity contribution in [3.05, 3.63) is 29.8 Å². The Morgan fingerprint density at radius 1 is 1.50 bits per heavy atom. The number of amides is 2. The van der Waals surface area contributed by atoms with Crippen molar-refractivity contribution in [2.75, 3.05) is 5.32 Å². The standard InChI is InChI=1S/C8H7N3O/c9-5-6-3-1-2-4-7(6)11-8(10)12/h1-4H,(H3,10,11,12). The lowest BCUT2D eigenvalue weighted by atomic mass is 10.2. The third-order valence-corrected chi connectivity index (χ3v) is 1.31. The summed E-state index contributed by atoms with van der Waals surface area (Å²) in [5.41, 5.74) is 5.73. The molecule has 1 aromatic rings. The number of nitrogens with one attached hydrogen (secondary N) is 1. The third-order valence-electron chi connectivity index (χ3n) is 1.31. The lowest BCUT2D eigenvalue weighted by Crippen LogP contribution is -2.19. The highest BCUT2D eigenvalue weighted by atomic mass is 16.2. The maximum atomic E-state index is 10.4. The zero-order chi connectivity index (χ0) is 8.97.